The highest BCUT2D eigenvalue weighted by molar-refractivity contribution is 7.60. The molecular weight excluding hydrogens is 483 g/mol. The molecule has 2 fully saturated rings. The average molecular weight is 502 g/mol. The van der Waals surface area contributed by atoms with E-state index in [0.29, 0.717) is 0 Å². The van der Waals surface area contributed by atoms with E-state index in [2.05, 4.69) is 0 Å². The molecule has 5 unspecified atom stereocenters. The minimum absolute atomic E-state index is 0.000189. The van der Waals surface area contributed by atoms with E-state index in [-0.39, 0.29) is 12.8 Å². The Hall–Kier alpha value is -0.650. The smallest absolute Gasteiger partial charge is 0.343 e. The van der Waals surface area contributed by atoms with Gasteiger partial charge in [-0.1, -0.05) is 19.3 Å². The zero-order valence-corrected chi connectivity index (χ0v) is 16.5. The summed E-state index contributed by atoms with van der Waals surface area (Å²) in [4.78, 5) is 10.4. The standard InChI is InChI=1S/C16H19F12O2P/c17-9-5-1-2-6-10(9)31(29,30)12(14(21,22)16(26,27)28)8-4-3-7-11(12,18)13(19,20)15(23,24)25/h9-10H,1-8H2,(H,29,30). The fourth-order valence-corrected chi connectivity index (χ4v) is 8.25. The van der Waals surface area contributed by atoms with Crippen LogP contribution < -0.4 is 0 Å². The lowest BCUT2D eigenvalue weighted by Crippen LogP contribution is -2.76. The highest BCUT2D eigenvalue weighted by Gasteiger charge is 2.91. The van der Waals surface area contributed by atoms with Crippen LogP contribution in [0, 0.1) is 0 Å². The Morgan fingerprint density at radius 3 is 1.65 bits per heavy atom. The largest absolute Gasteiger partial charge is 0.456 e. The van der Waals surface area contributed by atoms with Crippen molar-refractivity contribution in [1.29, 1.82) is 0 Å². The summed E-state index contributed by atoms with van der Waals surface area (Å²) in [6.07, 6.45) is -24.4. The van der Waals surface area contributed by atoms with E-state index < -0.39 is 92.7 Å². The Morgan fingerprint density at radius 1 is 0.742 bits per heavy atom. The van der Waals surface area contributed by atoms with Crippen molar-refractivity contribution in [3.8, 4) is 0 Å². The third-order valence-corrected chi connectivity index (χ3v) is 9.77. The molecule has 2 rings (SSSR count). The summed E-state index contributed by atoms with van der Waals surface area (Å²) in [6, 6.07) is 0. The van der Waals surface area contributed by atoms with Crippen molar-refractivity contribution in [1.82, 2.24) is 0 Å². The van der Waals surface area contributed by atoms with Gasteiger partial charge in [0.15, 0.2) is 5.16 Å². The maximum Gasteiger partial charge on any atom is 0.456 e. The molecule has 2 aliphatic carbocycles. The lowest BCUT2D eigenvalue weighted by atomic mass is 9.68. The monoisotopic (exact) mass is 502 g/mol. The molecule has 1 N–H and O–H groups in total. The molecule has 5 atom stereocenters. The van der Waals surface area contributed by atoms with Crippen LogP contribution in [0.1, 0.15) is 51.4 Å². The molecule has 31 heavy (non-hydrogen) atoms. The molecule has 184 valence electrons. The minimum Gasteiger partial charge on any atom is -0.343 e. The quantitative estimate of drug-likeness (QED) is 0.334. The molecule has 2 saturated carbocycles. The van der Waals surface area contributed by atoms with Gasteiger partial charge in [-0.15, -0.1) is 0 Å². The first-order valence-electron chi connectivity index (χ1n) is 9.27. The van der Waals surface area contributed by atoms with Crippen LogP contribution in [-0.2, 0) is 4.57 Å². The number of rotatable bonds is 4. The summed E-state index contributed by atoms with van der Waals surface area (Å²) >= 11 is 0. The van der Waals surface area contributed by atoms with E-state index in [4.69, 9.17) is 0 Å². The minimum atomic E-state index is -6.97. The SMILES string of the molecule is O=P(O)(C1CCCCC1F)C1(C(F)(F)C(F)(F)F)CCCCC1(F)C(F)(F)C(F)(F)F. The normalized spacial score (nSPS) is 36.2. The predicted molar refractivity (Wildman–Crippen MR) is 84.0 cm³/mol. The Bertz CT molecular complexity index is 720. The molecule has 0 aromatic rings. The molecule has 2 nitrogen and oxygen atoms in total. The predicted octanol–water partition coefficient (Wildman–Crippen LogP) is 6.95. The summed E-state index contributed by atoms with van der Waals surface area (Å²) in [6.45, 7) is 0. The number of halogens is 12. The third-order valence-electron chi connectivity index (χ3n) is 6.34. The maximum absolute atomic E-state index is 15.7. The maximum atomic E-state index is 15.7. The highest BCUT2D eigenvalue weighted by Crippen LogP contribution is 2.78. The second-order valence-electron chi connectivity index (χ2n) is 8.00. The van der Waals surface area contributed by atoms with Crippen molar-refractivity contribution in [2.24, 2.45) is 0 Å². The Morgan fingerprint density at radius 2 is 1.19 bits per heavy atom. The van der Waals surface area contributed by atoms with Crippen molar-refractivity contribution < 1.29 is 62.1 Å². The van der Waals surface area contributed by atoms with E-state index in [1.54, 1.807) is 0 Å². The summed E-state index contributed by atoms with van der Waals surface area (Å²) in [7, 11) is -6.74. The zero-order chi connectivity index (χ0) is 24.3. The fourth-order valence-electron chi connectivity index (χ4n) is 4.79. The van der Waals surface area contributed by atoms with E-state index >= 15 is 4.39 Å². The summed E-state index contributed by atoms with van der Waals surface area (Å²) < 4.78 is 180. The van der Waals surface area contributed by atoms with Crippen LogP contribution in [0.2, 0.25) is 0 Å². The number of hydrogen-bond acceptors (Lipinski definition) is 1. The Labute approximate surface area is 168 Å². The highest BCUT2D eigenvalue weighted by atomic mass is 31.2. The average Bonchev–Trinajstić information content (AvgIpc) is 2.59. The van der Waals surface area contributed by atoms with Gasteiger partial charge in [0.05, 0.1) is 5.66 Å². The zero-order valence-electron chi connectivity index (χ0n) is 15.6. The molecular formula is C16H19F12O2P. The molecule has 15 heteroatoms. The van der Waals surface area contributed by atoms with Gasteiger partial charge in [0.25, 0.3) is 0 Å². The molecule has 0 spiro atoms. The topological polar surface area (TPSA) is 37.3 Å². The van der Waals surface area contributed by atoms with Crippen LogP contribution in [0.5, 0.6) is 0 Å². The Kier molecular flexibility index (Phi) is 6.61. The van der Waals surface area contributed by atoms with Crippen molar-refractivity contribution in [2.45, 2.75) is 98.2 Å². The van der Waals surface area contributed by atoms with Gasteiger partial charge in [-0.2, -0.15) is 43.9 Å². The molecule has 0 aromatic heterocycles. The van der Waals surface area contributed by atoms with E-state index in [1.807, 2.05) is 0 Å². The van der Waals surface area contributed by atoms with Gasteiger partial charge in [0, 0.05) is 0 Å². The second kappa shape index (κ2) is 7.70. The molecule has 0 radical (unpaired) electrons. The van der Waals surface area contributed by atoms with Crippen molar-refractivity contribution in [2.75, 3.05) is 0 Å². The van der Waals surface area contributed by atoms with E-state index in [0.717, 1.165) is 0 Å². The first kappa shape index (κ1) is 26.6. The van der Waals surface area contributed by atoms with Crippen LogP contribution >= 0.6 is 7.37 Å². The molecule has 2 aliphatic rings. The van der Waals surface area contributed by atoms with E-state index in [1.165, 1.54) is 0 Å². The van der Waals surface area contributed by atoms with Crippen LogP contribution in [0.3, 0.4) is 0 Å². The third kappa shape index (κ3) is 3.49. The molecule has 0 aliphatic heterocycles. The van der Waals surface area contributed by atoms with Crippen LogP contribution in [-0.4, -0.2) is 51.7 Å². The number of hydrogen-bond donors (Lipinski definition) is 1. The van der Waals surface area contributed by atoms with Crippen molar-refractivity contribution >= 4 is 7.37 Å². The second-order valence-corrected chi connectivity index (χ2v) is 10.7. The van der Waals surface area contributed by atoms with Gasteiger partial charge in [-0.05, 0) is 32.1 Å². The number of alkyl halides is 12. The van der Waals surface area contributed by atoms with Crippen LogP contribution in [0.4, 0.5) is 52.7 Å². The lowest BCUT2D eigenvalue weighted by molar-refractivity contribution is -0.370. The van der Waals surface area contributed by atoms with Gasteiger partial charge in [-0.25, -0.2) is 8.78 Å². The Balaban J connectivity index is 2.95. The van der Waals surface area contributed by atoms with Crippen molar-refractivity contribution in [3.63, 3.8) is 0 Å². The van der Waals surface area contributed by atoms with Gasteiger partial charge in [-0.3, -0.25) is 4.57 Å². The van der Waals surface area contributed by atoms with Crippen LogP contribution in [0.15, 0.2) is 0 Å². The fraction of sp³-hybridized carbons (Fsp3) is 1.00. The van der Waals surface area contributed by atoms with Gasteiger partial charge in [0.2, 0.25) is 13.0 Å². The summed E-state index contributed by atoms with van der Waals surface area (Å²) in [5.41, 5.74) is -8.47. The van der Waals surface area contributed by atoms with Crippen LogP contribution in [0.25, 0.3) is 0 Å². The van der Waals surface area contributed by atoms with E-state index in [9.17, 15) is 57.8 Å². The summed E-state index contributed by atoms with van der Waals surface area (Å²) in [5.74, 6) is -13.7. The first-order chi connectivity index (χ1) is 13.7. The molecule has 0 amide bonds. The van der Waals surface area contributed by atoms with Gasteiger partial charge < -0.3 is 4.89 Å². The lowest BCUT2D eigenvalue weighted by Gasteiger charge is -2.57. The van der Waals surface area contributed by atoms with Gasteiger partial charge in [0.1, 0.15) is 6.17 Å². The molecule has 0 aromatic carbocycles. The van der Waals surface area contributed by atoms with Gasteiger partial charge >= 0.3 is 24.2 Å². The van der Waals surface area contributed by atoms with Crippen molar-refractivity contribution in [3.05, 3.63) is 0 Å². The summed E-state index contributed by atoms with van der Waals surface area (Å²) in [5, 5.41) is -5.44. The molecule has 0 heterocycles. The first-order valence-corrected chi connectivity index (χ1v) is 11.0. The molecule has 0 saturated heterocycles. The molecule has 0 bridgehead atoms.